The maximum atomic E-state index is 12.4. The molecule has 0 radical (unpaired) electrons. The number of ketones is 1. The van der Waals surface area contributed by atoms with Gasteiger partial charge in [0, 0.05) is 18.2 Å². The third kappa shape index (κ3) is 4.12. The van der Waals surface area contributed by atoms with Crippen molar-refractivity contribution in [3.05, 3.63) is 69.5 Å². The lowest BCUT2D eigenvalue weighted by molar-refractivity contribution is -0.384. The monoisotopic (exact) mass is 369 g/mol. The molecule has 0 N–H and O–H groups in total. The van der Waals surface area contributed by atoms with Gasteiger partial charge in [-0.3, -0.25) is 14.9 Å². The van der Waals surface area contributed by atoms with Gasteiger partial charge in [-0.1, -0.05) is 0 Å². The van der Waals surface area contributed by atoms with E-state index in [4.69, 9.17) is 14.2 Å². The van der Waals surface area contributed by atoms with Crippen LogP contribution in [0.5, 0.6) is 11.5 Å². The molecule has 8 nitrogen and oxygen atoms in total. The molecule has 0 unspecified atom stereocenters. The second kappa shape index (κ2) is 7.69. The van der Waals surface area contributed by atoms with Gasteiger partial charge in [0.2, 0.25) is 5.78 Å². The molecule has 1 heterocycles. The molecule has 1 aliphatic rings. The average molecular weight is 369 g/mol. The number of rotatable bonds is 6. The fourth-order valence-corrected chi connectivity index (χ4v) is 2.45. The van der Waals surface area contributed by atoms with E-state index in [1.54, 1.807) is 19.1 Å². The van der Waals surface area contributed by atoms with Crippen LogP contribution in [0.15, 0.2) is 48.2 Å². The van der Waals surface area contributed by atoms with Gasteiger partial charge in [-0.2, -0.15) is 0 Å². The van der Waals surface area contributed by atoms with Gasteiger partial charge in [-0.15, -0.1) is 0 Å². The second-order valence-corrected chi connectivity index (χ2v) is 5.54. The Morgan fingerprint density at radius 2 is 1.96 bits per heavy atom. The van der Waals surface area contributed by atoms with Gasteiger partial charge in [0.1, 0.15) is 11.5 Å². The van der Waals surface area contributed by atoms with E-state index < -0.39 is 10.9 Å². The van der Waals surface area contributed by atoms with Crippen molar-refractivity contribution >= 4 is 23.5 Å². The maximum absolute atomic E-state index is 12.4. The van der Waals surface area contributed by atoms with Crippen LogP contribution in [-0.2, 0) is 9.53 Å². The normalized spacial score (nSPS) is 13.8. The molecule has 0 aliphatic carbocycles. The zero-order chi connectivity index (χ0) is 19.4. The summed E-state index contributed by atoms with van der Waals surface area (Å²) in [6.07, 6.45) is 1.51. The minimum Gasteiger partial charge on any atom is -0.482 e. The number of nitro benzene ring substituents is 1. The second-order valence-electron chi connectivity index (χ2n) is 5.54. The van der Waals surface area contributed by atoms with Crippen LogP contribution in [0.1, 0.15) is 22.8 Å². The minimum absolute atomic E-state index is 0.0394. The molecule has 0 aromatic heterocycles. The van der Waals surface area contributed by atoms with Crippen LogP contribution in [0.3, 0.4) is 0 Å². The first kappa shape index (κ1) is 18.1. The Labute approximate surface area is 154 Å². The molecular weight excluding hydrogens is 354 g/mol. The summed E-state index contributed by atoms with van der Waals surface area (Å²) in [7, 11) is 0. The predicted molar refractivity (Wildman–Crippen MR) is 94.6 cm³/mol. The zero-order valence-corrected chi connectivity index (χ0v) is 14.3. The number of hydrogen-bond donors (Lipinski definition) is 0. The smallest absolute Gasteiger partial charge is 0.344 e. The first-order valence-corrected chi connectivity index (χ1v) is 8.09. The highest BCUT2D eigenvalue weighted by Gasteiger charge is 2.27. The fourth-order valence-electron chi connectivity index (χ4n) is 2.45. The number of hydrogen-bond acceptors (Lipinski definition) is 7. The largest absolute Gasteiger partial charge is 0.482 e. The number of nitro groups is 1. The highest BCUT2D eigenvalue weighted by atomic mass is 16.6. The molecule has 3 rings (SSSR count). The van der Waals surface area contributed by atoms with E-state index >= 15 is 0 Å². The Kier molecular flexibility index (Phi) is 5.16. The van der Waals surface area contributed by atoms with Crippen molar-refractivity contribution in [3.63, 3.8) is 0 Å². The van der Waals surface area contributed by atoms with Crippen LogP contribution in [0.4, 0.5) is 5.69 Å². The number of allylic oxidation sites excluding steroid dienone is 1. The molecule has 0 saturated carbocycles. The van der Waals surface area contributed by atoms with Gasteiger partial charge in [0.15, 0.2) is 12.4 Å². The molecule has 2 aromatic carbocycles. The SMILES string of the molecule is CCOC(=O)COc1ccc2c(c1)O/C(=C\c1ccc([N+](=O)[O-])cc1)C2=O. The third-order valence-corrected chi connectivity index (χ3v) is 3.71. The zero-order valence-electron chi connectivity index (χ0n) is 14.3. The Morgan fingerprint density at radius 3 is 2.63 bits per heavy atom. The number of non-ortho nitro benzene ring substituents is 1. The van der Waals surface area contributed by atoms with Crippen LogP contribution >= 0.6 is 0 Å². The van der Waals surface area contributed by atoms with Crippen LogP contribution in [0.2, 0.25) is 0 Å². The fraction of sp³-hybridized carbons (Fsp3) is 0.158. The Bertz CT molecular complexity index is 932. The van der Waals surface area contributed by atoms with Crippen molar-refractivity contribution in [2.75, 3.05) is 13.2 Å². The van der Waals surface area contributed by atoms with Crippen LogP contribution in [0, 0.1) is 10.1 Å². The summed E-state index contributed by atoms with van der Waals surface area (Å²) in [5.74, 6) is -0.0175. The minimum atomic E-state index is -0.498. The van der Waals surface area contributed by atoms with Crippen molar-refractivity contribution in [1.82, 2.24) is 0 Å². The van der Waals surface area contributed by atoms with Crippen molar-refractivity contribution in [1.29, 1.82) is 0 Å². The van der Waals surface area contributed by atoms with E-state index in [0.29, 0.717) is 22.6 Å². The topological polar surface area (TPSA) is 105 Å². The van der Waals surface area contributed by atoms with Crippen LogP contribution < -0.4 is 9.47 Å². The summed E-state index contributed by atoms with van der Waals surface area (Å²) >= 11 is 0. The summed E-state index contributed by atoms with van der Waals surface area (Å²) in [4.78, 5) is 34.0. The molecular formula is C19H15NO7. The molecule has 0 atom stereocenters. The molecule has 1 aliphatic heterocycles. The predicted octanol–water partition coefficient (Wildman–Crippen LogP) is 3.15. The lowest BCUT2D eigenvalue weighted by Crippen LogP contribution is -2.14. The van der Waals surface area contributed by atoms with Gasteiger partial charge < -0.3 is 14.2 Å². The Balaban J connectivity index is 1.74. The summed E-state index contributed by atoms with van der Waals surface area (Å²) in [6.45, 7) is 1.72. The molecule has 0 saturated heterocycles. The summed E-state index contributed by atoms with van der Waals surface area (Å²) < 4.78 is 15.7. The standard InChI is InChI=1S/C19H15NO7/c1-2-25-18(21)11-26-14-7-8-15-16(10-14)27-17(19(15)22)9-12-3-5-13(6-4-12)20(23)24/h3-10H,2,11H2,1H3/b17-9-. The van der Waals surface area contributed by atoms with Gasteiger partial charge in [-0.25, -0.2) is 4.79 Å². The number of carbonyl (C=O) groups is 2. The maximum Gasteiger partial charge on any atom is 0.344 e. The number of ether oxygens (including phenoxy) is 3. The number of esters is 1. The average Bonchev–Trinajstić information content (AvgIpc) is 2.96. The van der Waals surface area contributed by atoms with Crippen LogP contribution in [0.25, 0.3) is 6.08 Å². The van der Waals surface area contributed by atoms with Crippen molar-refractivity contribution < 1.29 is 28.7 Å². The lowest BCUT2D eigenvalue weighted by atomic mass is 10.1. The molecule has 8 heteroatoms. The summed E-state index contributed by atoms with van der Waals surface area (Å²) in [5, 5.41) is 10.7. The van der Waals surface area contributed by atoms with E-state index in [0.717, 1.165) is 0 Å². The number of carbonyl (C=O) groups excluding carboxylic acids is 2. The van der Waals surface area contributed by atoms with Crippen molar-refractivity contribution in [3.8, 4) is 11.5 Å². The molecule has 0 spiro atoms. The number of nitrogens with zero attached hydrogens (tertiary/aromatic N) is 1. The van der Waals surface area contributed by atoms with Gasteiger partial charge in [0.05, 0.1) is 17.1 Å². The molecule has 138 valence electrons. The van der Waals surface area contributed by atoms with E-state index in [2.05, 4.69) is 0 Å². The van der Waals surface area contributed by atoms with Gasteiger partial charge in [0.25, 0.3) is 5.69 Å². The van der Waals surface area contributed by atoms with Crippen LogP contribution in [-0.4, -0.2) is 29.9 Å². The Hall–Kier alpha value is -3.68. The van der Waals surface area contributed by atoms with E-state index in [9.17, 15) is 19.7 Å². The molecule has 0 bridgehead atoms. The first-order chi connectivity index (χ1) is 13.0. The molecule has 27 heavy (non-hydrogen) atoms. The highest BCUT2D eigenvalue weighted by molar-refractivity contribution is 6.14. The quantitative estimate of drug-likeness (QED) is 0.333. The van der Waals surface area contributed by atoms with E-state index in [1.807, 2.05) is 0 Å². The van der Waals surface area contributed by atoms with Gasteiger partial charge in [-0.05, 0) is 42.8 Å². The number of Topliss-reactive ketones (excluding diaryl/α,β-unsaturated/α-hetero) is 1. The number of fused-ring (bicyclic) bond motifs is 1. The van der Waals surface area contributed by atoms with Crippen molar-refractivity contribution in [2.45, 2.75) is 6.92 Å². The lowest BCUT2D eigenvalue weighted by Gasteiger charge is -2.06. The van der Waals surface area contributed by atoms with E-state index in [-0.39, 0.29) is 30.4 Å². The molecule has 0 fully saturated rings. The summed E-state index contributed by atoms with van der Waals surface area (Å²) in [6, 6.07) is 10.4. The van der Waals surface area contributed by atoms with E-state index in [1.165, 1.54) is 36.4 Å². The number of benzene rings is 2. The van der Waals surface area contributed by atoms with Gasteiger partial charge >= 0.3 is 5.97 Å². The highest BCUT2D eigenvalue weighted by Crippen LogP contribution is 2.35. The summed E-state index contributed by atoms with van der Waals surface area (Å²) in [5.41, 5.74) is 0.921. The Morgan fingerprint density at radius 1 is 1.22 bits per heavy atom. The van der Waals surface area contributed by atoms with Crippen molar-refractivity contribution in [2.24, 2.45) is 0 Å². The molecule has 0 amide bonds. The third-order valence-electron chi connectivity index (χ3n) is 3.71. The first-order valence-electron chi connectivity index (χ1n) is 8.09. The molecule has 2 aromatic rings.